The molecular formula is C20H20Br2Cl2N2. The maximum absolute atomic E-state index is 3.51. The smallest absolute Gasteiger partial charge is 0.0578 e. The SMILES string of the molecule is Brc1ccc(CNc2ccccc2NCc2ccc(Br)cc2)cc1.Cl.Cl. The molecule has 0 aliphatic carbocycles. The predicted octanol–water partition coefficient (Wildman–Crippen LogP) is 7.28. The molecule has 0 bridgehead atoms. The van der Waals surface area contributed by atoms with Crippen LogP contribution in [0, 0.1) is 0 Å². The molecule has 0 radical (unpaired) electrons. The van der Waals surface area contributed by atoms with Crippen LogP contribution in [0.5, 0.6) is 0 Å². The van der Waals surface area contributed by atoms with Crippen LogP contribution in [0.15, 0.2) is 81.7 Å². The van der Waals surface area contributed by atoms with Crippen LogP contribution < -0.4 is 10.6 Å². The molecule has 0 saturated carbocycles. The van der Waals surface area contributed by atoms with Crippen LogP contribution in [-0.2, 0) is 13.1 Å². The summed E-state index contributed by atoms with van der Waals surface area (Å²) in [5, 5.41) is 7.02. The molecule has 26 heavy (non-hydrogen) atoms. The van der Waals surface area contributed by atoms with Gasteiger partial charge in [0.2, 0.25) is 0 Å². The second-order valence-electron chi connectivity index (χ2n) is 5.51. The summed E-state index contributed by atoms with van der Waals surface area (Å²) in [7, 11) is 0. The van der Waals surface area contributed by atoms with Crippen LogP contribution in [0.1, 0.15) is 11.1 Å². The summed E-state index contributed by atoms with van der Waals surface area (Å²) in [6.45, 7) is 1.59. The Kier molecular flexibility index (Phi) is 10.1. The fraction of sp³-hybridized carbons (Fsp3) is 0.100. The van der Waals surface area contributed by atoms with Crippen molar-refractivity contribution in [2.75, 3.05) is 10.6 Å². The van der Waals surface area contributed by atoms with Gasteiger partial charge in [0.15, 0.2) is 0 Å². The molecular weight excluding hydrogens is 499 g/mol. The Hall–Kier alpha value is -1.20. The minimum Gasteiger partial charge on any atom is -0.379 e. The van der Waals surface area contributed by atoms with Gasteiger partial charge in [0.25, 0.3) is 0 Å². The predicted molar refractivity (Wildman–Crippen MR) is 124 cm³/mol. The first-order valence-electron chi connectivity index (χ1n) is 7.76. The number of benzene rings is 3. The summed E-state index contributed by atoms with van der Waals surface area (Å²) in [5.41, 5.74) is 4.72. The fourth-order valence-corrected chi connectivity index (χ4v) is 2.92. The lowest BCUT2D eigenvalue weighted by atomic mass is 10.2. The van der Waals surface area contributed by atoms with Gasteiger partial charge in [-0.05, 0) is 47.5 Å². The summed E-state index contributed by atoms with van der Waals surface area (Å²) >= 11 is 6.93. The van der Waals surface area contributed by atoms with E-state index in [-0.39, 0.29) is 24.8 Å². The summed E-state index contributed by atoms with van der Waals surface area (Å²) in [6.07, 6.45) is 0. The van der Waals surface area contributed by atoms with E-state index in [0.717, 1.165) is 33.4 Å². The van der Waals surface area contributed by atoms with Gasteiger partial charge in [0.1, 0.15) is 0 Å². The summed E-state index contributed by atoms with van der Waals surface area (Å²) < 4.78 is 2.20. The first kappa shape index (κ1) is 22.8. The highest BCUT2D eigenvalue weighted by Gasteiger charge is 2.02. The number of hydrogen-bond donors (Lipinski definition) is 2. The van der Waals surface area contributed by atoms with Gasteiger partial charge in [-0.2, -0.15) is 0 Å². The summed E-state index contributed by atoms with van der Waals surface area (Å²) in [4.78, 5) is 0. The van der Waals surface area contributed by atoms with Crippen molar-refractivity contribution in [2.24, 2.45) is 0 Å². The Morgan fingerprint density at radius 3 is 1.23 bits per heavy atom. The van der Waals surface area contributed by atoms with E-state index < -0.39 is 0 Å². The third-order valence-corrected chi connectivity index (χ3v) is 4.78. The van der Waals surface area contributed by atoms with Crippen molar-refractivity contribution in [1.29, 1.82) is 0 Å². The Bertz CT molecular complexity index is 725. The van der Waals surface area contributed by atoms with Crippen molar-refractivity contribution in [3.8, 4) is 0 Å². The van der Waals surface area contributed by atoms with Gasteiger partial charge in [0.05, 0.1) is 11.4 Å². The molecule has 0 atom stereocenters. The standard InChI is InChI=1S/C20H18Br2N2.2ClH/c21-17-9-5-15(6-10-17)13-23-19-3-1-2-4-20(19)24-14-16-7-11-18(22)12-8-16;;/h1-12,23-24H,13-14H2;2*1H. The highest BCUT2D eigenvalue weighted by molar-refractivity contribution is 9.10. The lowest BCUT2D eigenvalue weighted by molar-refractivity contribution is 1.12. The van der Waals surface area contributed by atoms with Crippen LogP contribution >= 0.6 is 56.7 Å². The topological polar surface area (TPSA) is 24.1 Å². The molecule has 138 valence electrons. The van der Waals surface area contributed by atoms with Gasteiger partial charge in [-0.3, -0.25) is 0 Å². The number of anilines is 2. The van der Waals surface area contributed by atoms with Crippen molar-refractivity contribution in [1.82, 2.24) is 0 Å². The zero-order valence-electron chi connectivity index (χ0n) is 13.9. The van der Waals surface area contributed by atoms with Crippen LogP contribution in [-0.4, -0.2) is 0 Å². The molecule has 2 N–H and O–H groups in total. The third-order valence-electron chi connectivity index (χ3n) is 3.72. The van der Waals surface area contributed by atoms with E-state index in [1.165, 1.54) is 11.1 Å². The zero-order valence-corrected chi connectivity index (χ0v) is 18.7. The summed E-state index contributed by atoms with van der Waals surface area (Å²) in [5.74, 6) is 0. The molecule has 0 unspecified atom stereocenters. The average molecular weight is 519 g/mol. The Balaban J connectivity index is 0.00000169. The fourth-order valence-electron chi connectivity index (χ4n) is 2.39. The molecule has 0 amide bonds. The Morgan fingerprint density at radius 2 is 0.885 bits per heavy atom. The minimum absolute atomic E-state index is 0. The maximum Gasteiger partial charge on any atom is 0.0578 e. The summed E-state index contributed by atoms with van der Waals surface area (Å²) in [6, 6.07) is 25.0. The van der Waals surface area contributed by atoms with Gasteiger partial charge in [-0.25, -0.2) is 0 Å². The molecule has 0 saturated heterocycles. The molecule has 3 aromatic carbocycles. The zero-order chi connectivity index (χ0) is 16.8. The molecule has 3 rings (SSSR count). The molecule has 3 aromatic rings. The Labute approximate surface area is 183 Å². The Morgan fingerprint density at radius 1 is 0.538 bits per heavy atom. The first-order valence-corrected chi connectivity index (χ1v) is 9.35. The highest BCUT2D eigenvalue weighted by Crippen LogP contribution is 2.23. The normalized spacial score (nSPS) is 9.62. The highest BCUT2D eigenvalue weighted by atomic mass is 79.9. The van der Waals surface area contributed by atoms with E-state index in [4.69, 9.17) is 0 Å². The van der Waals surface area contributed by atoms with E-state index in [0.29, 0.717) is 0 Å². The minimum atomic E-state index is 0. The molecule has 2 nitrogen and oxygen atoms in total. The number of para-hydroxylation sites is 2. The number of nitrogens with one attached hydrogen (secondary N) is 2. The van der Waals surface area contributed by atoms with Crippen molar-refractivity contribution in [3.05, 3.63) is 92.9 Å². The van der Waals surface area contributed by atoms with Crippen molar-refractivity contribution in [3.63, 3.8) is 0 Å². The van der Waals surface area contributed by atoms with Crippen molar-refractivity contribution >= 4 is 68.0 Å². The molecule has 0 heterocycles. The largest absolute Gasteiger partial charge is 0.379 e. The molecule has 0 aliphatic heterocycles. The number of rotatable bonds is 6. The molecule has 0 aliphatic rings. The van der Waals surface area contributed by atoms with Gasteiger partial charge in [-0.15, -0.1) is 24.8 Å². The van der Waals surface area contributed by atoms with E-state index in [1.54, 1.807) is 0 Å². The quantitative estimate of drug-likeness (QED) is 0.358. The second-order valence-corrected chi connectivity index (χ2v) is 7.34. The van der Waals surface area contributed by atoms with Crippen LogP contribution in [0.25, 0.3) is 0 Å². The van der Waals surface area contributed by atoms with Crippen LogP contribution in [0.3, 0.4) is 0 Å². The molecule has 0 fully saturated rings. The first-order chi connectivity index (χ1) is 11.7. The van der Waals surface area contributed by atoms with Gasteiger partial charge in [0, 0.05) is 22.0 Å². The monoisotopic (exact) mass is 516 g/mol. The lowest BCUT2D eigenvalue weighted by Crippen LogP contribution is -2.05. The maximum atomic E-state index is 3.51. The average Bonchev–Trinajstić information content (AvgIpc) is 2.61. The number of hydrogen-bond acceptors (Lipinski definition) is 2. The van der Waals surface area contributed by atoms with Crippen molar-refractivity contribution < 1.29 is 0 Å². The van der Waals surface area contributed by atoms with E-state index in [1.807, 2.05) is 0 Å². The second kappa shape index (κ2) is 11.5. The molecule has 6 heteroatoms. The van der Waals surface area contributed by atoms with E-state index >= 15 is 0 Å². The molecule has 0 aromatic heterocycles. The van der Waals surface area contributed by atoms with E-state index in [2.05, 4.69) is 115 Å². The van der Waals surface area contributed by atoms with Gasteiger partial charge in [-0.1, -0.05) is 68.3 Å². The van der Waals surface area contributed by atoms with Crippen LogP contribution in [0.4, 0.5) is 11.4 Å². The lowest BCUT2D eigenvalue weighted by Gasteiger charge is -2.14. The van der Waals surface area contributed by atoms with E-state index in [9.17, 15) is 0 Å². The third kappa shape index (κ3) is 6.84. The molecule has 0 spiro atoms. The number of halogens is 4. The van der Waals surface area contributed by atoms with Crippen molar-refractivity contribution in [2.45, 2.75) is 13.1 Å². The van der Waals surface area contributed by atoms with Gasteiger partial charge >= 0.3 is 0 Å². The van der Waals surface area contributed by atoms with Gasteiger partial charge < -0.3 is 10.6 Å². The van der Waals surface area contributed by atoms with Crippen LogP contribution in [0.2, 0.25) is 0 Å².